The molecule has 0 radical (unpaired) electrons. The summed E-state index contributed by atoms with van der Waals surface area (Å²) in [4.78, 5) is 30.9. The third kappa shape index (κ3) is 3.16. The summed E-state index contributed by atoms with van der Waals surface area (Å²) in [7, 11) is 1.61. The predicted octanol–water partition coefficient (Wildman–Crippen LogP) is 2.12. The standard InChI is InChI=1S/C20H22F2N4O2/c1-11-23-9-14-5-3-13(10-26(11)14)20(28)24-17-8-18(27)25(2)19(17)12-4-6-15(21)16(22)7-12/h4,6-7,9,13,17,19H,3,5,8,10H2,1-2H3,(H,24,28)/t13?,17-,19+/m0/s1. The minimum atomic E-state index is -0.967. The zero-order valence-electron chi connectivity index (χ0n) is 15.8. The number of aromatic nitrogens is 2. The van der Waals surface area contributed by atoms with Gasteiger partial charge in [-0.25, -0.2) is 13.8 Å². The molecule has 0 aliphatic carbocycles. The maximum absolute atomic E-state index is 13.7. The second-order valence-electron chi connectivity index (χ2n) is 7.59. The summed E-state index contributed by atoms with van der Waals surface area (Å²) in [5, 5.41) is 2.98. The summed E-state index contributed by atoms with van der Waals surface area (Å²) in [6, 6.07) is 2.58. The van der Waals surface area contributed by atoms with Crippen LogP contribution in [0.25, 0.3) is 0 Å². The van der Waals surface area contributed by atoms with E-state index in [1.807, 2.05) is 17.7 Å². The van der Waals surface area contributed by atoms with Crippen LogP contribution in [0.2, 0.25) is 0 Å². The monoisotopic (exact) mass is 388 g/mol. The molecule has 2 aliphatic heterocycles. The predicted molar refractivity (Wildman–Crippen MR) is 97.2 cm³/mol. The van der Waals surface area contributed by atoms with Crippen LogP contribution in [0, 0.1) is 24.5 Å². The van der Waals surface area contributed by atoms with Crippen molar-refractivity contribution < 1.29 is 18.4 Å². The van der Waals surface area contributed by atoms with E-state index in [9.17, 15) is 18.4 Å². The fourth-order valence-electron chi connectivity index (χ4n) is 4.26. The van der Waals surface area contributed by atoms with E-state index < -0.39 is 23.7 Å². The van der Waals surface area contributed by atoms with Crippen molar-refractivity contribution in [2.45, 2.75) is 44.8 Å². The summed E-state index contributed by atoms with van der Waals surface area (Å²) in [6.45, 7) is 2.47. The van der Waals surface area contributed by atoms with E-state index in [0.29, 0.717) is 18.5 Å². The SMILES string of the molecule is Cc1ncc2n1CC(C(=O)N[C@H]1CC(=O)N(C)[C@@H]1c1ccc(F)c(F)c1)CC2. The smallest absolute Gasteiger partial charge is 0.225 e. The number of amides is 2. The van der Waals surface area contributed by atoms with Gasteiger partial charge in [-0.2, -0.15) is 0 Å². The topological polar surface area (TPSA) is 67.2 Å². The molecule has 28 heavy (non-hydrogen) atoms. The molecule has 148 valence electrons. The lowest BCUT2D eigenvalue weighted by Gasteiger charge is -2.29. The number of carbonyl (C=O) groups excluding carboxylic acids is 2. The molecule has 1 N–H and O–H groups in total. The maximum Gasteiger partial charge on any atom is 0.225 e. The molecular weight excluding hydrogens is 366 g/mol. The lowest BCUT2D eigenvalue weighted by molar-refractivity contribution is -0.127. The number of nitrogens with one attached hydrogen (secondary N) is 1. The van der Waals surface area contributed by atoms with Crippen LogP contribution in [0.1, 0.15) is 36.0 Å². The van der Waals surface area contributed by atoms with Gasteiger partial charge in [0.05, 0.1) is 18.0 Å². The molecule has 8 heteroatoms. The van der Waals surface area contributed by atoms with Crippen molar-refractivity contribution in [3.05, 3.63) is 53.1 Å². The fourth-order valence-corrected chi connectivity index (χ4v) is 4.26. The molecule has 1 aromatic carbocycles. The zero-order chi connectivity index (χ0) is 20.0. The first-order valence-corrected chi connectivity index (χ1v) is 9.37. The summed E-state index contributed by atoms with van der Waals surface area (Å²) >= 11 is 0. The summed E-state index contributed by atoms with van der Waals surface area (Å²) < 4.78 is 29.1. The number of benzene rings is 1. The second kappa shape index (κ2) is 7.00. The quantitative estimate of drug-likeness (QED) is 0.876. The number of hydrogen-bond donors (Lipinski definition) is 1. The second-order valence-corrected chi connectivity index (χ2v) is 7.59. The van der Waals surface area contributed by atoms with Gasteiger partial charge in [0.1, 0.15) is 5.82 Å². The van der Waals surface area contributed by atoms with E-state index in [4.69, 9.17) is 0 Å². The molecule has 0 spiro atoms. The Morgan fingerprint density at radius 1 is 1.29 bits per heavy atom. The largest absolute Gasteiger partial charge is 0.350 e. The molecule has 1 unspecified atom stereocenters. The van der Waals surface area contributed by atoms with Crippen molar-refractivity contribution in [1.82, 2.24) is 19.8 Å². The highest BCUT2D eigenvalue weighted by Gasteiger charge is 2.40. The number of imidazole rings is 1. The van der Waals surface area contributed by atoms with Crippen molar-refractivity contribution in [2.75, 3.05) is 7.05 Å². The van der Waals surface area contributed by atoms with Crippen molar-refractivity contribution in [3.63, 3.8) is 0 Å². The van der Waals surface area contributed by atoms with Gasteiger partial charge in [-0.15, -0.1) is 0 Å². The van der Waals surface area contributed by atoms with Crippen LogP contribution in [0.15, 0.2) is 24.4 Å². The number of fused-ring (bicyclic) bond motifs is 1. The summed E-state index contributed by atoms with van der Waals surface area (Å²) in [5.74, 6) is -1.51. The van der Waals surface area contributed by atoms with Gasteiger partial charge >= 0.3 is 0 Å². The highest BCUT2D eigenvalue weighted by molar-refractivity contribution is 5.84. The van der Waals surface area contributed by atoms with E-state index in [-0.39, 0.29) is 24.2 Å². The van der Waals surface area contributed by atoms with Crippen molar-refractivity contribution in [2.24, 2.45) is 5.92 Å². The first-order valence-electron chi connectivity index (χ1n) is 9.37. The Labute approximate surface area is 161 Å². The van der Waals surface area contributed by atoms with Crippen LogP contribution in [0.3, 0.4) is 0 Å². The average Bonchev–Trinajstić information content (AvgIpc) is 3.17. The van der Waals surface area contributed by atoms with Crippen LogP contribution in [0.5, 0.6) is 0 Å². The first kappa shape index (κ1) is 18.6. The van der Waals surface area contributed by atoms with E-state index >= 15 is 0 Å². The van der Waals surface area contributed by atoms with E-state index in [1.54, 1.807) is 7.05 Å². The minimum absolute atomic E-state index is 0.126. The van der Waals surface area contributed by atoms with Crippen LogP contribution >= 0.6 is 0 Å². The van der Waals surface area contributed by atoms with Gasteiger partial charge in [-0.05, 0) is 37.5 Å². The van der Waals surface area contributed by atoms with Gasteiger partial charge in [-0.3, -0.25) is 9.59 Å². The first-order chi connectivity index (χ1) is 13.3. The highest BCUT2D eigenvalue weighted by Crippen LogP contribution is 2.33. The molecule has 0 saturated carbocycles. The third-order valence-corrected chi connectivity index (χ3v) is 5.86. The Morgan fingerprint density at radius 2 is 2.07 bits per heavy atom. The third-order valence-electron chi connectivity index (χ3n) is 5.86. The number of aryl methyl sites for hydroxylation is 2. The van der Waals surface area contributed by atoms with E-state index in [0.717, 1.165) is 30.1 Å². The number of nitrogens with zero attached hydrogens (tertiary/aromatic N) is 3. The van der Waals surface area contributed by atoms with E-state index in [2.05, 4.69) is 10.3 Å². The van der Waals surface area contributed by atoms with E-state index in [1.165, 1.54) is 11.0 Å². The van der Waals surface area contributed by atoms with Crippen LogP contribution < -0.4 is 5.32 Å². The lowest BCUT2D eigenvalue weighted by Crippen LogP contribution is -2.44. The number of carbonyl (C=O) groups is 2. The molecule has 1 saturated heterocycles. The van der Waals surface area contributed by atoms with Crippen LogP contribution in [-0.2, 0) is 22.6 Å². The molecular formula is C20H22F2N4O2. The molecule has 1 aromatic heterocycles. The number of halogens is 2. The average molecular weight is 388 g/mol. The summed E-state index contributed by atoms with van der Waals surface area (Å²) in [6.07, 6.45) is 3.46. The van der Waals surface area contributed by atoms with Crippen LogP contribution in [-0.4, -0.2) is 39.4 Å². The molecule has 3 heterocycles. The molecule has 3 atom stereocenters. The Balaban J connectivity index is 1.52. The van der Waals surface area contributed by atoms with Gasteiger partial charge in [0, 0.05) is 31.9 Å². The Hall–Kier alpha value is -2.77. The fraction of sp³-hybridized carbons (Fsp3) is 0.450. The normalized spacial score (nSPS) is 24.4. The number of rotatable bonds is 3. The Kier molecular flexibility index (Phi) is 4.64. The van der Waals surface area contributed by atoms with Gasteiger partial charge in [0.2, 0.25) is 11.8 Å². The molecule has 6 nitrogen and oxygen atoms in total. The Morgan fingerprint density at radius 3 is 2.82 bits per heavy atom. The molecule has 0 bridgehead atoms. The van der Waals surface area contributed by atoms with Gasteiger partial charge < -0.3 is 14.8 Å². The minimum Gasteiger partial charge on any atom is -0.350 e. The Bertz CT molecular complexity index is 942. The molecule has 2 amide bonds. The molecule has 1 fully saturated rings. The molecule has 2 aromatic rings. The number of likely N-dealkylation sites (N-methyl/N-ethyl adjacent to an activating group) is 1. The molecule has 2 aliphatic rings. The lowest BCUT2D eigenvalue weighted by atomic mass is 9.95. The number of hydrogen-bond acceptors (Lipinski definition) is 3. The number of likely N-dealkylation sites (tertiary alicyclic amines) is 1. The molecule has 4 rings (SSSR count). The maximum atomic E-state index is 13.7. The highest BCUT2D eigenvalue weighted by atomic mass is 19.2. The van der Waals surface area contributed by atoms with Gasteiger partial charge in [-0.1, -0.05) is 6.07 Å². The van der Waals surface area contributed by atoms with Gasteiger partial charge in [0.25, 0.3) is 0 Å². The van der Waals surface area contributed by atoms with Crippen LogP contribution in [0.4, 0.5) is 8.78 Å². The van der Waals surface area contributed by atoms with Crippen molar-refractivity contribution in [3.8, 4) is 0 Å². The summed E-state index contributed by atoms with van der Waals surface area (Å²) in [5.41, 5.74) is 1.59. The van der Waals surface area contributed by atoms with Gasteiger partial charge in [0.15, 0.2) is 11.6 Å². The zero-order valence-corrected chi connectivity index (χ0v) is 15.8. The van der Waals surface area contributed by atoms with Crippen molar-refractivity contribution >= 4 is 11.8 Å². The van der Waals surface area contributed by atoms with Crippen molar-refractivity contribution in [1.29, 1.82) is 0 Å².